The Morgan fingerprint density at radius 2 is 2.26 bits per heavy atom. The molecule has 0 aromatic heterocycles. The van der Waals surface area contributed by atoms with Crippen molar-refractivity contribution in [3.05, 3.63) is 29.8 Å². The maximum atomic E-state index is 5.82. The third-order valence-electron chi connectivity index (χ3n) is 3.52. The van der Waals surface area contributed by atoms with Crippen LogP contribution in [0.5, 0.6) is 0 Å². The number of rotatable bonds is 5. The van der Waals surface area contributed by atoms with E-state index in [1.807, 2.05) is 12.1 Å². The van der Waals surface area contributed by atoms with Gasteiger partial charge in [-0.05, 0) is 49.9 Å². The van der Waals surface area contributed by atoms with E-state index in [0.717, 1.165) is 32.0 Å². The molecular formula is C15H25ClN2O. The molecule has 3 nitrogen and oxygen atoms in total. The van der Waals surface area contributed by atoms with Gasteiger partial charge in [-0.25, -0.2) is 0 Å². The Kier molecular flexibility index (Phi) is 7.21. The molecule has 0 saturated carbocycles. The SMILES string of the molecule is CCOCC1CCCN(Cc2cccc(N)c2)C1.Cl. The van der Waals surface area contributed by atoms with Gasteiger partial charge >= 0.3 is 0 Å². The molecule has 108 valence electrons. The minimum absolute atomic E-state index is 0. The lowest BCUT2D eigenvalue weighted by Gasteiger charge is -2.32. The maximum absolute atomic E-state index is 5.82. The first-order chi connectivity index (χ1) is 8.78. The van der Waals surface area contributed by atoms with E-state index in [1.165, 1.54) is 24.9 Å². The Hall–Kier alpha value is -0.770. The highest BCUT2D eigenvalue weighted by atomic mass is 35.5. The van der Waals surface area contributed by atoms with Crippen LogP contribution in [0.1, 0.15) is 25.3 Å². The molecule has 1 aliphatic heterocycles. The van der Waals surface area contributed by atoms with E-state index in [1.54, 1.807) is 0 Å². The van der Waals surface area contributed by atoms with Gasteiger partial charge in [0.2, 0.25) is 0 Å². The molecule has 1 saturated heterocycles. The van der Waals surface area contributed by atoms with Gasteiger partial charge in [0, 0.05) is 25.4 Å². The fourth-order valence-corrected chi connectivity index (χ4v) is 2.67. The molecular weight excluding hydrogens is 260 g/mol. The van der Waals surface area contributed by atoms with Crippen LogP contribution in [-0.2, 0) is 11.3 Å². The van der Waals surface area contributed by atoms with Gasteiger partial charge in [-0.1, -0.05) is 12.1 Å². The van der Waals surface area contributed by atoms with Crippen LogP contribution < -0.4 is 5.73 Å². The lowest BCUT2D eigenvalue weighted by atomic mass is 9.98. The van der Waals surface area contributed by atoms with Crippen LogP contribution >= 0.6 is 12.4 Å². The Morgan fingerprint density at radius 1 is 1.42 bits per heavy atom. The fourth-order valence-electron chi connectivity index (χ4n) is 2.67. The van der Waals surface area contributed by atoms with Crippen LogP contribution in [0.15, 0.2) is 24.3 Å². The molecule has 1 aliphatic rings. The van der Waals surface area contributed by atoms with E-state index in [0.29, 0.717) is 5.92 Å². The van der Waals surface area contributed by atoms with Gasteiger partial charge in [-0.3, -0.25) is 4.90 Å². The van der Waals surface area contributed by atoms with Crippen LogP contribution in [0.3, 0.4) is 0 Å². The molecule has 0 bridgehead atoms. The predicted molar refractivity (Wildman–Crippen MR) is 82.6 cm³/mol. The first kappa shape index (κ1) is 16.3. The Morgan fingerprint density at radius 3 is 3.00 bits per heavy atom. The average molecular weight is 285 g/mol. The molecule has 0 spiro atoms. The molecule has 4 heteroatoms. The second-order valence-corrected chi connectivity index (χ2v) is 5.15. The largest absolute Gasteiger partial charge is 0.399 e. The van der Waals surface area contributed by atoms with Crippen molar-refractivity contribution in [3.8, 4) is 0 Å². The van der Waals surface area contributed by atoms with Crippen LogP contribution in [0.2, 0.25) is 0 Å². The highest BCUT2D eigenvalue weighted by molar-refractivity contribution is 5.85. The summed E-state index contributed by atoms with van der Waals surface area (Å²) >= 11 is 0. The summed E-state index contributed by atoms with van der Waals surface area (Å²) < 4.78 is 5.54. The van der Waals surface area contributed by atoms with Gasteiger partial charge in [0.15, 0.2) is 0 Å². The van der Waals surface area contributed by atoms with Gasteiger partial charge in [-0.2, -0.15) is 0 Å². The average Bonchev–Trinajstić information content (AvgIpc) is 2.37. The van der Waals surface area contributed by atoms with Gasteiger partial charge in [-0.15, -0.1) is 12.4 Å². The molecule has 0 radical (unpaired) electrons. The Balaban J connectivity index is 0.00000180. The number of nitrogens with zero attached hydrogens (tertiary/aromatic N) is 1. The van der Waals surface area contributed by atoms with Crippen LogP contribution in [0.25, 0.3) is 0 Å². The summed E-state index contributed by atoms with van der Waals surface area (Å²) in [4.78, 5) is 2.52. The first-order valence-corrected chi connectivity index (χ1v) is 6.92. The summed E-state index contributed by atoms with van der Waals surface area (Å²) in [5, 5.41) is 0. The van der Waals surface area contributed by atoms with E-state index >= 15 is 0 Å². The predicted octanol–water partition coefficient (Wildman–Crippen LogP) is 2.94. The number of benzene rings is 1. The molecule has 1 atom stereocenters. The third kappa shape index (κ3) is 5.39. The summed E-state index contributed by atoms with van der Waals surface area (Å²) in [5.74, 6) is 0.694. The second kappa shape index (κ2) is 8.41. The van der Waals surface area contributed by atoms with Gasteiger partial charge in [0.05, 0.1) is 6.61 Å². The molecule has 1 fully saturated rings. The van der Waals surface area contributed by atoms with Crippen molar-refractivity contribution >= 4 is 18.1 Å². The minimum Gasteiger partial charge on any atom is -0.399 e. The summed E-state index contributed by atoms with van der Waals surface area (Å²) in [6, 6.07) is 8.21. The zero-order valence-corrected chi connectivity index (χ0v) is 12.5. The van der Waals surface area contributed by atoms with Crippen LogP contribution in [0.4, 0.5) is 5.69 Å². The number of hydrogen-bond acceptors (Lipinski definition) is 3. The summed E-state index contributed by atoms with van der Waals surface area (Å²) in [5.41, 5.74) is 7.99. The standard InChI is InChI=1S/C15H24N2O.ClH/c1-2-18-12-14-6-4-8-17(11-14)10-13-5-3-7-15(16)9-13;/h3,5,7,9,14H,2,4,6,8,10-12,16H2,1H3;1H. The monoisotopic (exact) mass is 284 g/mol. The minimum atomic E-state index is 0. The summed E-state index contributed by atoms with van der Waals surface area (Å²) in [6.07, 6.45) is 2.58. The summed E-state index contributed by atoms with van der Waals surface area (Å²) in [7, 11) is 0. The molecule has 2 N–H and O–H groups in total. The van der Waals surface area contributed by atoms with Crippen molar-refractivity contribution < 1.29 is 4.74 Å². The topological polar surface area (TPSA) is 38.5 Å². The number of piperidine rings is 1. The van der Waals surface area contributed by atoms with Gasteiger partial charge in [0.1, 0.15) is 0 Å². The van der Waals surface area contributed by atoms with Gasteiger partial charge in [0.25, 0.3) is 0 Å². The summed E-state index contributed by atoms with van der Waals surface area (Å²) in [6.45, 7) is 7.14. The third-order valence-corrected chi connectivity index (χ3v) is 3.52. The van der Waals surface area contributed by atoms with Crippen molar-refractivity contribution in [2.45, 2.75) is 26.3 Å². The maximum Gasteiger partial charge on any atom is 0.0506 e. The first-order valence-electron chi connectivity index (χ1n) is 6.92. The second-order valence-electron chi connectivity index (χ2n) is 5.15. The molecule has 1 aromatic rings. The normalized spacial score (nSPS) is 19.9. The van der Waals surface area contributed by atoms with Crippen molar-refractivity contribution in [1.29, 1.82) is 0 Å². The fraction of sp³-hybridized carbons (Fsp3) is 0.600. The highest BCUT2D eigenvalue weighted by Gasteiger charge is 2.19. The van der Waals surface area contributed by atoms with Crippen molar-refractivity contribution in [3.63, 3.8) is 0 Å². The van der Waals surface area contributed by atoms with Crippen molar-refractivity contribution in [1.82, 2.24) is 4.90 Å². The number of ether oxygens (including phenoxy) is 1. The molecule has 1 heterocycles. The number of halogens is 1. The zero-order valence-electron chi connectivity index (χ0n) is 11.7. The molecule has 1 aromatic carbocycles. The van der Waals surface area contributed by atoms with E-state index in [-0.39, 0.29) is 12.4 Å². The van der Waals surface area contributed by atoms with E-state index < -0.39 is 0 Å². The van der Waals surface area contributed by atoms with E-state index in [2.05, 4.69) is 24.0 Å². The van der Waals surface area contributed by atoms with Crippen LogP contribution in [0, 0.1) is 5.92 Å². The lowest BCUT2D eigenvalue weighted by Crippen LogP contribution is -2.36. The Labute approximate surface area is 122 Å². The smallest absolute Gasteiger partial charge is 0.0506 e. The lowest BCUT2D eigenvalue weighted by molar-refractivity contribution is 0.0647. The number of hydrogen-bond donors (Lipinski definition) is 1. The zero-order chi connectivity index (χ0) is 12.8. The Bertz CT molecular complexity index is 373. The number of nitrogen functional groups attached to an aromatic ring is 1. The number of nitrogens with two attached hydrogens (primary N) is 1. The van der Waals surface area contributed by atoms with E-state index in [9.17, 15) is 0 Å². The highest BCUT2D eigenvalue weighted by Crippen LogP contribution is 2.19. The number of anilines is 1. The van der Waals surface area contributed by atoms with Crippen LogP contribution in [-0.4, -0.2) is 31.2 Å². The van der Waals surface area contributed by atoms with Crippen molar-refractivity contribution in [2.24, 2.45) is 5.92 Å². The molecule has 1 unspecified atom stereocenters. The molecule has 19 heavy (non-hydrogen) atoms. The van der Waals surface area contributed by atoms with Gasteiger partial charge < -0.3 is 10.5 Å². The van der Waals surface area contributed by atoms with E-state index in [4.69, 9.17) is 10.5 Å². The number of likely N-dealkylation sites (tertiary alicyclic amines) is 1. The molecule has 0 aliphatic carbocycles. The molecule has 0 amide bonds. The quantitative estimate of drug-likeness (QED) is 0.845. The molecule has 2 rings (SSSR count). The van der Waals surface area contributed by atoms with Crippen molar-refractivity contribution in [2.75, 3.05) is 32.0 Å².